The van der Waals surface area contributed by atoms with Gasteiger partial charge in [0, 0.05) is 6.61 Å². The number of hydrogen-bond acceptors (Lipinski definition) is 4. The molecule has 2 rings (SSSR count). The van der Waals surface area contributed by atoms with Crippen LogP contribution in [0.1, 0.15) is 26.2 Å². The quantitative estimate of drug-likeness (QED) is 0.297. The predicted molar refractivity (Wildman–Crippen MR) is 89.0 cm³/mol. The maximum Gasteiger partial charge on any atom is 0.309 e. The van der Waals surface area contributed by atoms with Crippen molar-refractivity contribution in [1.82, 2.24) is 0 Å². The molecule has 1 aliphatic heterocycles. The normalized spacial score (nSPS) is 32.2. The number of carbonyl (C=O) groups excluding carboxylic acids is 1. The van der Waals surface area contributed by atoms with Crippen LogP contribution in [0.15, 0.2) is 0 Å². The summed E-state index contributed by atoms with van der Waals surface area (Å²) in [6.45, 7) is 10.5. The van der Waals surface area contributed by atoms with Crippen LogP contribution < -0.4 is 0 Å². The molecule has 0 N–H and O–H groups in total. The molecular formula is C15H30O4Si2. The molecular weight excluding hydrogens is 300 g/mol. The van der Waals surface area contributed by atoms with E-state index in [-0.39, 0.29) is 11.9 Å². The first-order valence-electron chi connectivity index (χ1n) is 8.33. The van der Waals surface area contributed by atoms with E-state index < -0.39 is 17.8 Å². The Kier molecular flexibility index (Phi) is 6.05. The lowest BCUT2D eigenvalue weighted by atomic mass is 9.89. The van der Waals surface area contributed by atoms with Crippen LogP contribution in [0.5, 0.6) is 0 Å². The number of ether oxygens (including phenoxy) is 2. The molecule has 6 heteroatoms. The van der Waals surface area contributed by atoms with Gasteiger partial charge in [-0.25, -0.2) is 0 Å². The van der Waals surface area contributed by atoms with E-state index in [4.69, 9.17) is 13.9 Å². The van der Waals surface area contributed by atoms with Crippen LogP contribution in [0.4, 0.5) is 0 Å². The van der Waals surface area contributed by atoms with E-state index in [9.17, 15) is 4.79 Å². The van der Waals surface area contributed by atoms with Crippen LogP contribution in [-0.4, -0.2) is 49.2 Å². The second-order valence-electron chi connectivity index (χ2n) is 7.35. The average Bonchev–Trinajstić information content (AvgIpc) is 3.19. The fourth-order valence-electron chi connectivity index (χ4n) is 3.30. The minimum Gasteiger partial charge on any atom is -0.465 e. The van der Waals surface area contributed by atoms with Crippen molar-refractivity contribution < 1.29 is 18.7 Å². The molecule has 1 aliphatic carbocycles. The van der Waals surface area contributed by atoms with Crippen molar-refractivity contribution in [2.45, 2.75) is 69.6 Å². The smallest absolute Gasteiger partial charge is 0.309 e. The average molecular weight is 331 g/mol. The van der Waals surface area contributed by atoms with Gasteiger partial charge in [-0.3, -0.25) is 4.79 Å². The number of epoxide rings is 1. The minimum atomic E-state index is -1.26. The molecule has 0 radical (unpaired) electrons. The molecule has 2 aliphatic rings. The van der Waals surface area contributed by atoms with Gasteiger partial charge < -0.3 is 13.9 Å². The Bertz CT molecular complexity index is 356. The number of hydrogen-bond donors (Lipinski definition) is 0. The van der Waals surface area contributed by atoms with Gasteiger partial charge in [-0.05, 0) is 37.8 Å². The van der Waals surface area contributed by atoms with Crippen molar-refractivity contribution >= 4 is 23.8 Å². The third kappa shape index (κ3) is 4.91. The first kappa shape index (κ1) is 17.2. The molecule has 0 bridgehead atoms. The predicted octanol–water partition coefficient (Wildman–Crippen LogP) is 2.34. The van der Waals surface area contributed by atoms with Crippen molar-refractivity contribution in [3.05, 3.63) is 0 Å². The Hall–Kier alpha value is -0.176. The lowest BCUT2D eigenvalue weighted by molar-refractivity contribution is -0.149. The highest BCUT2D eigenvalue weighted by molar-refractivity contribution is 6.77. The summed E-state index contributed by atoms with van der Waals surface area (Å²) in [5, 5.41) is 0. The summed E-state index contributed by atoms with van der Waals surface area (Å²) in [6.07, 6.45) is 3.57. The van der Waals surface area contributed by atoms with Crippen molar-refractivity contribution in [3.8, 4) is 0 Å². The summed E-state index contributed by atoms with van der Waals surface area (Å²) >= 11 is 0. The van der Waals surface area contributed by atoms with Gasteiger partial charge in [0.25, 0.3) is 0 Å². The molecule has 4 atom stereocenters. The van der Waals surface area contributed by atoms with Gasteiger partial charge >= 0.3 is 5.97 Å². The van der Waals surface area contributed by atoms with Gasteiger partial charge in [0.2, 0.25) is 0 Å². The third-order valence-corrected chi connectivity index (χ3v) is 8.93. The van der Waals surface area contributed by atoms with Crippen LogP contribution in [0, 0.1) is 5.92 Å². The topological polar surface area (TPSA) is 48.1 Å². The van der Waals surface area contributed by atoms with Crippen LogP contribution >= 0.6 is 0 Å². The summed E-state index contributed by atoms with van der Waals surface area (Å²) in [4.78, 5) is 12.2. The zero-order valence-electron chi connectivity index (χ0n) is 13.9. The molecule has 21 heavy (non-hydrogen) atoms. The van der Waals surface area contributed by atoms with E-state index in [1.165, 1.54) is 0 Å². The van der Waals surface area contributed by atoms with Crippen molar-refractivity contribution in [2.24, 2.45) is 5.92 Å². The molecule has 1 saturated heterocycles. The molecule has 1 heterocycles. The number of carbonyl (C=O) groups is 1. The first-order valence-corrected chi connectivity index (χ1v) is 13.5. The lowest BCUT2D eigenvalue weighted by Gasteiger charge is -2.33. The summed E-state index contributed by atoms with van der Waals surface area (Å²) < 4.78 is 16.7. The van der Waals surface area contributed by atoms with Gasteiger partial charge in [0.15, 0.2) is 9.76 Å². The van der Waals surface area contributed by atoms with Gasteiger partial charge in [-0.1, -0.05) is 19.6 Å². The van der Waals surface area contributed by atoms with Crippen LogP contribution in [0.3, 0.4) is 0 Å². The van der Waals surface area contributed by atoms with Crippen molar-refractivity contribution in [2.75, 3.05) is 13.2 Å². The molecule has 0 aromatic rings. The fraction of sp³-hybridized carbons (Fsp3) is 0.933. The highest BCUT2D eigenvalue weighted by Crippen LogP contribution is 2.51. The third-order valence-electron chi connectivity index (χ3n) is 4.65. The lowest BCUT2D eigenvalue weighted by Crippen LogP contribution is -2.38. The maximum absolute atomic E-state index is 12.2. The van der Waals surface area contributed by atoms with Crippen LogP contribution in [0.25, 0.3) is 0 Å². The maximum atomic E-state index is 12.2. The van der Waals surface area contributed by atoms with E-state index >= 15 is 0 Å². The Morgan fingerprint density at radius 2 is 2.10 bits per heavy atom. The summed E-state index contributed by atoms with van der Waals surface area (Å²) in [5.74, 6) is 0.0693. The number of fused-ring (bicyclic) bond motifs is 1. The SMILES string of the molecule is CCO[SiH2]CCCOC(=O)C1CC2OC2C([Si](C)(C)C)C1. The largest absolute Gasteiger partial charge is 0.465 e. The van der Waals surface area contributed by atoms with Gasteiger partial charge in [-0.15, -0.1) is 0 Å². The van der Waals surface area contributed by atoms with Crippen LogP contribution in [-0.2, 0) is 18.7 Å². The Morgan fingerprint density at radius 1 is 1.33 bits per heavy atom. The second-order valence-corrected chi connectivity index (χ2v) is 14.3. The minimum absolute atomic E-state index is 0.00489. The zero-order valence-corrected chi connectivity index (χ0v) is 16.3. The molecule has 4 nitrogen and oxygen atoms in total. The fourth-order valence-corrected chi connectivity index (χ4v) is 6.47. The number of rotatable bonds is 8. The van der Waals surface area contributed by atoms with E-state index in [0.29, 0.717) is 24.4 Å². The summed E-state index contributed by atoms with van der Waals surface area (Å²) in [6, 6.07) is 1.09. The highest BCUT2D eigenvalue weighted by Gasteiger charge is 2.55. The molecule has 4 unspecified atom stereocenters. The molecule has 1 saturated carbocycles. The monoisotopic (exact) mass is 330 g/mol. The van der Waals surface area contributed by atoms with E-state index in [0.717, 1.165) is 31.9 Å². The molecule has 0 spiro atoms. The molecule has 122 valence electrons. The number of esters is 1. The first-order chi connectivity index (χ1) is 9.93. The van der Waals surface area contributed by atoms with Gasteiger partial charge in [0.1, 0.15) is 0 Å². The van der Waals surface area contributed by atoms with E-state index in [2.05, 4.69) is 19.6 Å². The van der Waals surface area contributed by atoms with Crippen molar-refractivity contribution in [1.29, 1.82) is 0 Å². The van der Waals surface area contributed by atoms with E-state index in [1.54, 1.807) is 0 Å². The molecule has 0 aromatic carbocycles. The van der Waals surface area contributed by atoms with Gasteiger partial charge in [0.05, 0.1) is 32.8 Å². The Labute approximate surface area is 131 Å². The van der Waals surface area contributed by atoms with Gasteiger partial charge in [-0.2, -0.15) is 0 Å². The molecule has 0 amide bonds. The standard InChI is InChI=1S/C15H30O4Si2/c1-5-18-20-8-6-7-17-15(16)11-9-12-14(19-12)13(10-11)21(2,3)4/h11-14H,5-10,20H2,1-4H3. The Balaban J connectivity index is 1.70. The van der Waals surface area contributed by atoms with Crippen LogP contribution in [0.2, 0.25) is 31.2 Å². The van der Waals surface area contributed by atoms with Crippen molar-refractivity contribution in [3.63, 3.8) is 0 Å². The molecule has 2 fully saturated rings. The second kappa shape index (κ2) is 7.39. The highest BCUT2D eigenvalue weighted by atomic mass is 28.3. The Morgan fingerprint density at radius 3 is 2.76 bits per heavy atom. The summed E-state index contributed by atoms with van der Waals surface area (Å²) in [7, 11) is -1.65. The molecule has 0 aromatic heterocycles. The summed E-state index contributed by atoms with van der Waals surface area (Å²) in [5.41, 5.74) is 0.610. The van der Waals surface area contributed by atoms with E-state index in [1.807, 2.05) is 6.92 Å². The zero-order chi connectivity index (χ0) is 15.5.